The smallest absolute Gasteiger partial charge is 0.335 e. The number of aliphatic hydroxyl groups excluding tert-OH is 2. The Morgan fingerprint density at radius 2 is 1.84 bits per heavy atom. The van der Waals surface area contributed by atoms with Crippen molar-refractivity contribution in [2.75, 3.05) is 0 Å². The molecule has 4 atom stereocenters. The highest BCUT2D eigenvalue weighted by Gasteiger charge is 2.50. The second kappa shape index (κ2) is 7.26. The zero-order valence-corrected chi connectivity index (χ0v) is 13.2. The lowest BCUT2D eigenvalue weighted by Gasteiger charge is -2.39. The van der Waals surface area contributed by atoms with Gasteiger partial charge in [-0.15, -0.1) is 0 Å². The molecule has 2 rings (SSSR count). The van der Waals surface area contributed by atoms with Crippen molar-refractivity contribution in [1.29, 1.82) is 0 Å². The minimum Gasteiger partial charge on any atom is -0.504 e. The molecular weight excluding hydrogens is 336 g/mol. The van der Waals surface area contributed by atoms with Gasteiger partial charge in [0.05, 0.1) is 6.10 Å². The van der Waals surface area contributed by atoms with E-state index in [9.17, 15) is 35.1 Å². The topological polar surface area (TPSA) is 165 Å². The highest BCUT2D eigenvalue weighted by atomic mass is 16.6. The number of phenols is 2. The van der Waals surface area contributed by atoms with Crippen molar-refractivity contribution >= 4 is 11.9 Å². The Bertz CT molecular complexity index is 659. The molecule has 25 heavy (non-hydrogen) atoms. The number of aryl methyl sites for hydroxylation is 1. The van der Waals surface area contributed by atoms with Crippen molar-refractivity contribution in [2.24, 2.45) is 0 Å². The van der Waals surface area contributed by atoms with Gasteiger partial charge in [-0.2, -0.15) is 0 Å². The molecule has 0 amide bonds. The summed E-state index contributed by atoms with van der Waals surface area (Å²) < 4.78 is 5.01. The number of carboxylic acid groups (broad SMARTS) is 1. The second-order valence-corrected chi connectivity index (χ2v) is 6.15. The molecule has 138 valence electrons. The van der Waals surface area contributed by atoms with Gasteiger partial charge in [-0.25, -0.2) is 4.79 Å². The van der Waals surface area contributed by atoms with Crippen molar-refractivity contribution in [3.63, 3.8) is 0 Å². The Kier molecular flexibility index (Phi) is 5.51. The molecule has 1 aliphatic carbocycles. The van der Waals surface area contributed by atoms with Gasteiger partial charge >= 0.3 is 11.9 Å². The van der Waals surface area contributed by atoms with Gasteiger partial charge in [0.15, 0.2) is 17.1 Å². The van der Waals surface area contributed by atoms with Crippen LogP contribution in [0.25, 0.3) is 0 Å². The molecule has 0 aromatic heterocycles. The number of aliphatic hydroxyl groups is 3. The Balaban J connectivity index is 1.96. The molecule has 0 bridgehead atoms. The SMILES string of the molecule is O=C(CCc1ccc(O)c(O)c1)O[C@@H]1C[C@](O)(C(=O)O)C[C@@H](O)[C@H]1O. The van der Waals surface area contributed by atoms with Gasteiger partial charge in [-0.05, 0) is 24.1 Å². The third-order valence-electron chi connectivity index (χ3n) is 4.20. The van der Waals surface area contributed by atoms with Gasteiger partial charge in [-0.1, -0.05) is 6.07 Å². The van der Waals surface area contributed by atoms with Gasteiger partial charge in [0.2, 0.25) is 0 Å². The molecule has 0 spiro atoms. The molecular formula is C16H20O9. The highest BCUT2D eigenvalue weighted by Crippen LogP contribution is 2.31. The number of hydrogen-bond acceptors (Lipinski definition) is 8. The average molecular weight is 356 g/mol. The van der Waals surface area contributed by atoms with Crippen LogP contribution in [0.3, 0.4) is 0 Å². The van der Waals surface area contributed by atoms with Gasteiger partial charge in [0.25, 0.3) is 0 Å². The number of aromatic hydroxyl groups is 2. The lowest BCUT2D eigenvalue weighted by atomic mass is 9.79. The minimum absolute atomic E-state index is 0.144. The molecule has 1 fully saturated rings. The normalized spacial score (nSPS) is 29.2. The number of rotatable bonds is 5. The fraction of sp³-hybridized carbons (Fsp3) is 0.500. The first kappa shape index (κ1) is 19.0. The Labute approximate surface area is 142 Å². The van der Waals surface area contributed by atoms with E-state index < -0.39 is 48.7 Å². The quantitative estimate of drug-likeness (QED) is 0.295. The summed E-state index contributed by atoms with van der Waals surface area (Å²) in [4.78, 5) is 23.0. The van der Waals surface area contributed by atoms with E-state index >= 15 is 0 Å². The number of benzene rings is 1. The first-order chi connectivity index (χ1) is 11.6. The standard InChI is InChI=1S/C16H20O9/c17-9-3-1-8(5-10(9)18)2-4-13(20)25-12-7-16(24,15(22)23)6-11(19)14(12)21/h1,3,5,11-12,14,17-19,21,24H,2,4,6-7H2,(H,22,23)/t11-,12-,14-,16+/m1/s1. The first-order valence-electron chi connectivity index (χ1n) is 7.64. The van der Waals surface area contributed by atoms with Crippen molar-refractivity contribution in [3.05, 3.63) is 23.8 Å². The summed E-state index contributed by atoms with van der Waals surface area (Å²) >= 11 is 0. The largest absolute Gasteiger partial charge is 0.504 e. The Morgan fingerprint density at radius 3 is 2.44 bits per heavy atom. The Hall–Kier alpha value is -2.36. The van der Waals surface area contributed by atoms with Crippen molar-refractivity contribution in [3.8, 4) is 11.5 Å². The summed E-state index contributed by atoms with van der Waals surface area (Å²) in [6, 6.07) is 4.06. The van der Waals surface area contributed by atoms with E-state index in [0.717, 1.165) is 0 Å². The van der Waals surface area contributed by atoms with Crippen molar-refractivity contribution in [1.82, 2.24) is 0 Å². The number of carbonyl (C=O) groups is 2. The van der Waals surface area contributed by atoms with E-state index in [1.807, 2.05) is 0 Å². The van der Waals surface area contributed by atoms with Crippen LogP contribution in [0.2, 0.25) is 0 Å². The van der Waals surface area contributed by atoms with E-state index in [-0.39, 0.29) is 24.3 Å². The molecule has 0 unspecified atom stereocenters. The molecule has 1 aromatic rings. The summed E-state index contributed by atoms with van der Waals surface area (Å²) in [5.74, 6) is -2.96. The molecule has 0 aliphatic heterocycles. The number of hydrogen-bond donors (Lipinski definition) is 6. The van der Waals surface area contributed by atoms with Gasteiger partial charge < -0.3 is 35.4 Å². The molecule has 9 nitrogen and oxygen atoms in total. The average Bonchev–Trinajstić information content (AvgIpc) is 2.53. The fourth-order valence-corrected chi connectivity index (χ4v) is 2.74. The molecule has 1 aliphatic rings. The summed E-state index contributed by atoms with van der Waals surface area (Å²) in [6.07, 6.45) is -5.47. The number of carbonyl (C=O) groups excluding carboxylic acids is 1. The van der Waals surface area contributed by atoms with E-state index in [1.165, 1.54) is 18.2 Å². The lowest BCUT2D eigenvalue weighted by Crippen LogP contribution is -2.57. The zero-order chi connectivity index (χ0) is 18.8. The van der Waals surface area contributed by atoms with Crippen LogP contribution < -0.4 is 0 Å². The van der Waals surface area contributed by atoms with Gasteiger partial charge in [0, 0.05) is 19.3 Å². The molecule has 9 heteroatoms. The fourth-order valence-electron chi connectivity index (χ4n) is 2.74. The van der Waals surface area contributed by atoms with Crippen LogP contribution in [-0.2, 0) is 20.7 Å². The summed E-state index contributed by atoms with van der Waals surface area (Å²) in [6.45, 7) is 0. The molecule has 0 saturated heterocycles. The summed E-state index contributed by atoms with van der Waals surface area (Å²) in [5.41, 5.74) is -1.73. The maximum Gasteiger partial charge on any atom is 0.335 e. The molecule has 0 radical (unpaired) electrons. The first-order valence-corrected chi connectivity index (χ1v) is 7.64. The van der Waals surface area contributed by atoms with E-state index in [2.05, 4.69) is 0 Å². The van der Waals surface area contributed by atoms with E-state index in [0.29, 0.717) is 5.56 Å². The number of esters is 1. The maximum absolute atomic E-state index is 11.9. The minimum atomic E-state index is -2.29. The van der Waals surface area contributed by atoms with Gasteiger partial charge in [-0.3, -0.25) is 4.79 Å². The van der Waals surface area contributed by atoms with Crippen LogP contribution in [0.4, 0.5) is 0 Å². The van der Waals surface area contributed by atoms with E-state index in [1.54, 1.807) is 0 Å². The molecule has 6 N–H and O–H groups in total. The van der Waals surface area contributed by atoms with Crippen LogP contribution in [0.5, 0.6) is 11.5 Å². The van der Waals surface area contributed by atoms with E-state index in [4.69, 9.17) is 9.84 Å². The number of aliphatic carboxylic acids is 1. The van der Waals surface area contributed by atoms with Crippen molar-refractivity contribution < 1.29 is 45.0 Å². The zero-order valence-electron chi connectivity index (χ0n) is 13.2. The predicted octanol–water partition coefficient (Wildman–Crippen LogP) is -0.727. The van der Waals surface area contributed by atoms with Gasteiger partial charge in [0.1, 0.15) is 12.2 Å². The number of ether oxygens (including phenoxy) is 1. The summed E-state index contributed by atoms with van der Waals surface area (Å²) in [5, 5.41) is 57.2. The second-order valence-electron chi connectivity index (χ2n) is 6.15. The molecule has 1 saturated carbocycles. The third-order valence-corrected chi connectivity index (χ3v) is 4.20. The van der Waals surface area contributed by atoms with Crippen LogP contribution in [-0.4, -0.2) is 66.5 Å². The third kappa shape index (κ3) is 4.38. The summed E-state index contributed by atoms with van der Waals surface area (Å²) in [7, 11) is 0. The van der Waals surface area contributed by atoms with Crippen LogP contribution >= 0.6 is 0 Å². The van der Waals surface area contributed by atoms with Crippen LogP contribution in [0.1, 0.15) is 24.8 Å². The highest BCUT2D eigenvalue weighted by molar-refractivity contribution is 5.77. The number of phenolic OH excluding ortho intramolecular Hbond substituents is 2. The monoisotopic (exact) mass is 356 g/mol. The van der Waals surface area contributed by atoms with Crippen LogP contribution in [0, 0.1) is 0 Å². The maximum atomic E-state index is 11.9. The lowest BCUT2D eigenvalue weighted by molar-refractivity contribution is -0.198. The van der Waals surface area contributed by atoms with Crippen molar-refractivity contribution in [2.45, 2.75) is 49.6 Å². The molecule has 1 aromatic carbocycles. The number of carboxylic acids is 1. The Morgan fingerprint density at radius 1 is 1.16 bits per heavy atom. The molecule has 0 heterocycles. The van der Waals surface area contributed by atoms with Crippen LogP contribution in [0.15, 0.2) is 18.2 Å². The predicted molar refractivity (Wildman–Crippen MR) is 81.8 cm³/mol.